The maximum atomic E-state index is 12.2. The first-order valence-electron chi connectivity index (χ1n) is 23.6. The Bertz CT molecular complexity index is 4150. The number of ketones is 4. The summed E-state index contributed by atoms with van der Waals surface area (Å²) >= 11 is 0. The van der Waals surface area contributed by atoms with Crippen molar-refractivity contribution in [3.05, 3.63) is 214 Å². The number of aromatic hydroxyl groups is 4. The van der Waals surface area contributed by atoms with Crippen LogP contribution in [0.4, 0.5) is 0 Å². The van der Waals surface area contributed by atoms with E-state index in [9.17, 15) is 39.6 Å². The molecule has 15 rings (SSSR count). The van der Waals surface area contributed by atoms with Gasteiger partial charge in [0.15, 0.2) is 46.1 Å². The van der Waals surface area contributed by atoms with Crippen LogP contribution in [-0.2, 0) is 21.7 Å². The Morgan fingerprint density at radius 3 is 0.805 bits per heavy atom. The van der Waals surface area contributed by atoms with Crippen molar-refractivity contribution in [1.82, 2.24) is 39.9 Å². The number of carbonyl (C=O) groups excluding carboxylic acids is 4. The number of hydrogen-bond acceptors (Lipinski definition) is 14. The molecule has 2 aliphatic heterocycles. The van der Waals surface area contributed by atoms with Crippen molar-refractivity contribution in [3.63, 3.8) is 0 Å². The van der Waals surface area contributed by atoms with Gasteiger partial charge in [-0.1, -0.05) is 146 Å². The van der Waals surface area contributed by atoms with E-state index in [1.807, 2.05) is 97.1 Å². The van der Waals surface area contributed by atoms with E-state index in [-0.39, 0.29) is 66.7 Å². The van der Waals surface area contributed by atoms with Gasteiger partial charge < -0.3 is 50.3 Å². The van der Waals surface area contributed by atoms with Gasteiger partial charge in [0.1, 0.15) is 0 Å². The summed E-state index contributed by atoms with van der Waals surface area (Å²) in [6.07, 6.45) is 0. The number of rotatable bonds is 0. The second-order valence-corrected chi connectivity index (χ2v) is 17.8. The number of benzene rings is 8. The maximum Gasteiger partial charge on any atom is 2.00 e. The predicted molar refractivity (Wildman–Crippen MR) is 280 cm³/mol. The van der Waals surface area contributed by atoms with Gasteiger partial charge in [0, 0.05) is 78.2 Å². The van der Waals surface area contributed by atoms with Crippen LogP contribution in [-0.4, -0.2) is 73.5 Å². The second-order valence-electron chi connectivity index (χ2n) is 17.8. The molecule has 2 aliphatic carbocycles. The van der Waals surface area contributed by atoms with Crippen LogP contribution in [0.2, 0.25) is 0 Å². The van der Waals surface area contributed by atoms with E-state index in [2.05, 4.69) is 0 Å². The van der Waals surface area contributed by atoms with E-state index < -0.39 is 34.6 Å². The summed E-state index contributed by atoms with van der Waals surface area (Å²) in [4.78, 5) is 88.0. The van der Waals surface area contributed by atoms with Crippen molar-refractivity contribution in [3.8, 4) is 68.5 Å². The smallest absolute Gasteiger partial charge is 0.504 e. The minimum absolute atomic E-state index is 0. The molecule has 4 aliphatic rings. The Labute approximate surface area is 449 Å². The summed E-state index contributed by atoms with van der Waals surface area (Å²) in [7, 11) is 0. The monoisotopic (exact) mass is 1040 g/mol. The average Bonchev–Trinajstić information content (AvgIpc) is 4.22. The van der Waals surface area contributed by atoms with Crippen LogP contribution in [0.25, 0.3) is 89.7 Å². The Morgan fingerprint density at radius 1 is 0.273 bits per heavy atom. The van der Waals surface area contributed by atoms with E-state index in [1.165, 1.54) is 36.4 Å². The largest absolute Gasteiger partial charge is 2.00 e. The Hall–Kier alpha value is -10.3. The number of carbonyl (C=O) groups is 4. The fourth-order valence-electron chi connectivity index (χ4n) is 9.77. The number of phenols is 4. The summed E-state index contributed by atoms with van der Waals surface area (Å²) in [5.41, 5.74) is 6.90. The van der Waals surface area contributed by atoms with Crippen LogP contribution in [0.3, 0.4) is 0 Å². The number of aromatic nitrogens is 8. The van der Waals surface area contributed by atoms with Gasteiger partial charge in [0.2, 0.25) is 0 Å². The van der Waals surface area contributed by atoms with Crippen molar-refractivity contribution in [2.75, 3.05) is 0 Å². The van der Waals surface area contributed by atoms with Gasteiger partial charge in [-0.05, 0) is 45.8 Å². The Morgan fingerprint density at radius 2 is 0.519 bits per heavy atom. The molecule has 0 fully saturated rings. The zero-order valence-electron chi connectivity index (χ0n) is 39.7. The van der Waals surface area contributed by atoms with Gasteiger partial charge in [-0.2, -0.15) is 0 Å². The van der Waals surface area contributed by atoms with Crippen molar-refractivity contribution >= 4 is 67.3 Å². The first kappa shape index (κ1) is 47.7. The fourth-order valence-corrected chi connectivity index (χ4v) is 9.77. The third-order valence-corrected chi connectivity index (χ3v) is 13.4. The summed E-state index contributed by atoms with van der Waals surface area (Å²) in [6, 6.07) is 49.8. The molecular formula is C60H32N8O8Ti. The molecule has 0 saturated carbocycles. The topological polar surface area (TPSA) is 255 Å². The summed E-state index contributed by atoms with van der Waals surface area (Å²) in [5, 5.41) is 41.9. The van der Waals surface area contributed by atoms with Gasteiger partial charge in [0.05, 0.1) is 34.4 Å². The maximum absolute atomic E-state index is 12.2. The molecule has 8 aromatic carbocycles. The minimum Gasteiger partial charge on any atom is -0.504 e. The van der Waals surface area contributed by atoms with Crippen LogP contribution in [0.1, 0.15) is 63.7 Å². The number of fused-ring (bicyclic) bond motifs is 24. The molecule has 0 unspecified atom stereocenters. The van der Waals surface area contributed by atoms with Gasteiger partial charge >= 0.3 is 21.7 Å². The van der Waals surface area contributed by atoms with Gasteiger partial charge in [-0.25, -0.2) is 9.97 Å². The van der Waals surface area contributed by atoms with E-state index in [0.29, 0.717) is 57.0 Å². The molecule has 77 heavy (non-hydrogen) atoms. The second kappa shape index (κ2) is 18.6. The molecule has 0 radical (unpaired) electrons. The third kappa shape index (κ3) is 7.73. The normalized spacial score (nSPS) is 12.4. The average molecular weight is 1040 g/mol. The molecule has 364 valence electrons. The van der Waals surface area contributed by atoms with Crippen LogP contribution >= 0.6 is 0 Å². The molecule has 0 saturated heterocycles. The third-order valence-electron chi connectivity index (χ3n) is 13.4. The number of nitrogens with zero attached hydrogens (tertiary/aromatic N) is 8. The Kier molecular flexibility index (Phi) is 11.5. The van der Waals surface area contributed by atoms with Gasteiger partial charge in [0.25, 0.3) is 0 Å². The van der Waals surface area contributed by atoms with E-state index in [4.69, 9.17) is 39.9 Å². The minimum atomic E-state index is -0.541. The Balaban J connectivity index is 0.000000134. The molecule has 0 spiro atoms. The molecule has 11 aromatic rings. The molecule has 16 nitrogen and oxygen atoms in total. The molecule has 5 heterocycles. The van der Waals surface area contributed by atoms with E-state index in [1.54, 1.807) is 36.4 Å². The van der Waals surface area contributed by atoms with Crippen LogP contribution in [0.5, 0.6) is 23.0 Å². The summed E-state index contributed by atoms with van der Waals surface area (Å²) in [5.74, 6) is -1.24. The van der Waals surface area contributed by atoms with Gasteiger partial charge in [-0.15, -0.1) is 0 Å². The van der Waals surface area contributed by atoms with Crippen molar-refractivity contribution in [2.45, 2.75) is 0 Å². The molecule has 17 heteroatoms. The molecule has 0 atom stereocenters. The van der Waals surface area contributed by atoms with Crippen molar-refractivity contribution in [1.29, 1.82) is 0 Å². The van der Waals surface area contributed by atoms with Crippen molar-refractivity contribution < 1.29 is 61.3 Å². The molecule has 3 aromatic heterocycles. The quantitative estimate of drug-likeness (QED) is 0.0814. The van der Waals surface area contributed by atoms with E-state index >= 15 is 0 Å². The molecule has 4 N–H and O–H groups in total. The first-order valence-corrected chi connectivity index (χ1v) is 23.6. The first-order chi connectivity index (χ1) is 37.0. The zero-order valence-corrected chi connectivity index (χ0v) is 41.2. The summed E-state index contributed by atoms with van der Waals surface area (Å²) < 4.78 is 0. The molecular weight excluding hydrogens is 1010 g/mol. The van der Waals surface area contributed by atoms with Crippen molar-refractivity contribution in [2.24, 2.45) is 0 Å². The predicted octanol–water partition coefficient (Wildman–Crippen LogP) is 9.87. The molecule has 0 amide bonds. The van der Waals surface area contributed by atoms with Crippen LogP contribution < -0.4 is 9.97 Å². The summed E-state index contributed by atoms with van der Waals surface area (Å²) in [6.45, 7) is 0. The SMILES string of the molecule is O=C1c2ccccc2C(=O)c2c1ccc(O)c2O.O=C1c2ccccc2C(=O)c2c1ccc(O)c2O.[Ti+2].c1ccc2c(c1)-c1nc-2nc2[n-]c(nc3nc(nc4[n-]c(n1)c1ccccc41)-c1ccccc1-3)c1ccccc21. The van der Waals surface area contributed by atoms with Gasteiger partial charge in [-0.3, -0.25) is 19.2 Å². The number of phenolic OH excluding ortho intramolecular Hbond substituents is 4. The van der Waals surface area contributed by atoms with Crippen LogP contribution in [0.15, 0.2) is 170 Å². The standard InChI is InChI=1S/C32H16N8.2C14H8O4.Ti/c1-2-10-18-17(9-1)25-33-26(18)38-28-21-13-5-6-14-22(21)30(35-28)40-32-24-16-8-7-15-23(24)31(36-32)39-29-20-12-4-3-11-19(20)27(34-29)37-25;2*15-10-6-5-9-11(14(10)18)13(17)8-4-2-1-3-7(8)12(9)16;/h1-16H;2*1-6,15,18H;/q-2;;;+2. The number of hydrogen-bond donors (Lipinski definition) is 4. The fraction of sp³-hybridized carbons (Fsp3) is 0. The molecule has 8 bridgehead atoms. The van der Waals surface area contributed by atoms with E-state index in [0.717, 1.165) is 43.8 Å². The zero-order chi connectivity index (χ0) is 51.9. The van der Waals surface area contributed by atoms with Crippen LogP contribution in [0, 0.1) is 0 Å².